The molecule has 2 atom stereocenters. The van der Waals surface area contributed by atoms with E-state index in [1.54, 1.807) is 66.7 Å². The Morgan fingerprint density at radius 3 is 2.00 bits per heavy atom. The van der Waals surface area contributed by atoms with Crippen molar-refractivity contribution in [2.24, 2.45) is 11.8 Å². The predicted octanol–water partition coefficient (Wildman–Crippen LogP) is 6.96. The summed E-state index contributed by atoms with van der Waals surface area (Å²) in [4.78, 5) is 40.5. The van der Waals surface area contributed by atoms with Gasteiger partial charge in [-0.1, -0.05) is 54.6 Å². The SMILES string of the molecule is O=C(Nc1ccc(-c2ccc(C(=O)C3CCC(C(=O)O)C3)cc2)cc1)c1nc(-c2ccccc2)oc1C(F)(F)F. The summed E-state index contributed by atoms with van der Waals surface area (Å²) in [5.41, 5.74) is 1.74. The molecule has 10 heteroatoms. The highest BCUT2D eigenvalue weighted by atomic mass is 19.4. The number of ketones is 1. The lowest BCUT2D eigenvalue weighted by Crippen LogP contribution is -2.18. The first-order chi connectivity index (χ1) is 19.1. The number of carboxylic acid groups (broad SMARTS) is 1. The summed E-state index contributed by atoms with van der Waals surface area (Å²) < 4.78 is 45.7. The second kappa shape index (κ2) is 10.8. The number of hydrogen-bond acceptors (Lipinski definition) is 5. The van der Waals surface area contributed by atoms with Gasteiger partial charge in [0.1, 0.15) is 0 Å². The van der Waals surface area contributed by atoms with Gasteiger partial charge in [-0.05, 0) is 54.7 Å². The Morgan fingerprint density at radius 2 is 1.43 bits per heavy atom. The van der Waals surface area contributed by atoms with Crippen molar-refractivity contribution in [1.82, 2.24) is 4.98 Å². The second-order valence-corrected chi connectivity index (χ2v) is 9.58. The zero-order chi connectivity index (χ0) is 28.4. The van der Waals surface area contributed by atoms with Crippen molar-refractivity contribution in [3.8, 4) is 22.6 Å². The van der Waals surface area contributed by atoms with E-state index in [-0.39, 0.29) is 23.3 Å². The molecule has 0 saturated heterocycles. The molecular weight excluding hydrogens is 525 g/mol. The van der Waals surface area contributed by atoms with Crippen LogP contribution in [0.5, 0.6) is 0 Å². The van der Waals surface area contributed by atoms with Gasteiger partial charge < -0.3 is 14.8 Å². The number of aromatic nitrogens is 1. The lowest BCUT2D eigenvalue weighted by atomic mass is 9.93. The zero-order valence-electron chi connectivity index (χ0n) is 20.9. The highest BCUT2D eigenvalue weighted by Gasteiger charge is 2.42. The molecule has 0 bridgehead atoms. The van der Waals surface area contributed by atoms with Crippen molar-refractivity contribution in [2.75, 3.05) is 5.32 Å². The summed E-state index contributed by atoms with van der Waals surface area (Å²) in [6.07, 6.45) is -3.53. The third-order valence-electron chi connectivity index (χ3n) is 6.92. The van der Waals surface area contributed by atoms with E-state index in [0.29, 0.717) is 30.4 Å². The third kappa shape index (κ3) is 5.66. The number of Topliss-reactive ketones (excluding diaryl/α,β-unsaturated/α-hetero) is 1. The number of aliphatic carboxylic acids is 1. The van der Waals surface area contributed by atoms with Crippen molar-refractivity contribution in [1.29, 1.82) is 0 Å². The van der Waals surface area contributed by atoms with Crippen LogP contribution in [0.2, 0.25) is 0 Å². The molecule has 5 rings (SSSR count). The van der Waals surface area contributed by atoms with Crippen LogP contribution in [0.15, 0.2) is 83.3 Å². The summed E-state index contributed by atoms with van der Waals surface area (Å²) in [6, 6.07) is 21.3. The van der Waals surface area contributed by atoms with Crippen molar-refractivity contribution in [3.63, 3.8) is 0 Å². The minimum Gasteiger partial charge on any atom is -0.481 e. The predicted molar refractivity (Wildman–Crippen MR) is 140 cm³/mol. The fourth-order valence-corrected chi connectivity index (χ4v) is 4.81. The quantitative estimate of drug-likeness (QED) is 0.242. The maximum Gasteiger partial charge on any atom is 0.452 e. The Labute approximate surface area is 226 Å². The van der Waals surface area contributed by atoms with E-state index in [2.05, 4.69) is 10.3 Å². The molecule has 0 radical (unpaired) electrons. The minimum absolute atomic E-state index is 0.0742. The van der Waals surface area contributed by atoms with Crippen LogP contribution in [-0.4, -0.2) is 27.8 Å². The van der Waals surface area contributed by atoms with Crippen LogP contribution < -0.4 is 5.32 Å². The molecule has 1 aromatic heterocycles. The molecule has 40 heavy (non-hydrogen) atoms. The molecule has 1 aliphatic carbocycles. The van der Waals surface area contributed by atoms with E-state index in [9.17, 15) is 32.7 Å². The smallest absolute Gasteiger partial charge is 0.452 e. The fourth-order valence-electron chi connectivity index (χ4n) is 4.81. The van der Waals surface area contributed by atoms with Gasteiger partial charge in [-0.15, -0.1) is 0 Å². The van der Waals surface area contributed by atoms with Crippen molar-refractivity contribution in [3.05, 3.63) is 95.9 Å². The Bertz CT molecular complexity index is 1550. The highest BCUT2D eigenvalue weighted by molar-refractivity contribution is 6.04. The molecule has 2 N–H and O–H groups in total. The summed E-state index contributed by atoms with van der Waals surface area (Å²) in [7, 11) is 0. The Balaban J connectivity index is 1.28. The van der Waals surface area contributed by atoms with Gasteiger partial charge in [0, 0.05) is 22.7 Å². The number of oxazole rings is 1. The van der Waals surface area contributed by atoms with Gasteiger partial charge in [-0.3, -0.25) is 14.4 Å². The van der Waals surface area contributed by atoms with Crippen molar-refractivity contribution in [2.45, 2.75) is 25.4 Å². The van der Waals surface area contributed by atoms with Gasteiger partial charge in [0.2, 0.25) is 11.7 Å². The molecular formula is C30H23F3N2O5. The van der Waals surface area contributed by atoms with Crippen LogP contribution in [0.4, 0.5) is 18.9 Å². The molecule has 1 amide bonds. The maximum atomic E-state index is 13.6. The molecule has 1 heterocycles. The van der Waals surface area contributed by atoms with Gasteiger partial charge in [-0.25, -0.2) is 4.98 Å². The summed E-state index contributed by atoms with van der Waals surface area (Å²) >= 11 is 0. The number of hydrogen-bond donors (Lipinski definition) is 2. The molecule has 4 aromatic rings. The summed E-state index contributed by atoms with van der Waals surface area (Å²) in [5.74, 6) is -4.59. The van der Waals surface area contributed by atoms with Crippen LogP contribution in [0.25, 0.3) is 22.6 Å². The average Bonchev–Trinajstić information content (AvgIpc) is 3.63. The minimum atomic E-state index is -4.92. The number of halogens is 3. The number of alkyl halides is 3. The van der Waals surface area contributed by atoms with E-state index < -0.39 is 35.4 Å². The molecule has 3 aromatic carbocycles. The van der Waals surface area contributed by atoms with Crippen LogP contribution >= 0.6 is 0 Å². The molecule has 1 aliphatic rings. The lowest BCUT2D eigenvalue weighted by molar-refractivity contribution is -0.153. The van der Waals surface area contributed by atoms with E-state index >= 15 is 0 Å². The Kier molecular flexibility index (Phi) is 7.25. The molecule has 1 saturated carbocycles. The van der Waals surface area contributed by atoms with Gasteiger partial charge in [0.15, 0.2) is 11.5 Å². The van der Waals surface area contributed by atoms with Crippen LogP contribution in [0.3, 0.4) is 0 Å². The highest BCUT2D eigenvalue weighted by Crippen LogP contribution is 2.36. The van der Waals surface area contributed by atoms with Gasteiger partial charge in [-0.2, -0.15) is 13.2 Å². The molecule has 204 valence electrons. The van der Waals surface area contributed by atoms with Gasteiger partial charge in [0.05, 0.1) is 5.92 Å². The topological polar surface area (TPSA) is 110 Å². The number of benzene rings is 3. The number of anilines is 1. The lowest BCUT2D eigenvalue weighted by Gasteiger charge is -2.10. The van der Waals surface area contributed by atoms with Gasteiger partial charge >= 0.3 is 12.1 Å². The standard InChI is InChI=1S/C30H23F3N2O5/c31-30(32,33)26-24(35-28(40-26)20-4-2-1-3-5-20)27(37)34-23-14-12-18(13-15-23)17-6-8-19(9-7-17)25(36)21-10-11-22(16-21)29(38)39/h1-9,12-15,21-22H,10-11,16H2,(H,34,37)(H,38,39). The first-order valence-electron chi connectivity index (χ1n) is 12.5. The van der Waals surface area contributed by atoms with E-state index in [0.717, 1.165) is 11.1 Å². The fraction of sp³-hybridized carbons (Fsp3) is 0.200. The Morgan fingerprint density at radius 1 is 0.825 bits per heavy atom. The summed E-state index contributed by atoms with van der Waals surface area (Å²) in [5, 5.41) is 11.6. The number of nitrogens with zero attached hydrogens (tertiary/aromatic N) is 1. The van der Waals surface area contributed by atoms with Gasteiger partial charge in [0.25, 0.3) is 5.91 Å². The zero-order valence-corrected chi connectivity index (χ0v) is 20.9. The normalized spacial score (nSPS) is 17.0. The number of carbonyl (C=O) groups excluding carboxylic acids is 2. The second-order valence-electron chi connectivity index (χ2n) is 9.58. The third-order valence-corrected chi connectivity index (χ3v) is 6.92. The van der Waals surface area contributed by atoms with E-state index in [1.807, 2.05) is 0 Å². The van der Waals surface area contributed by atoms with Crippen LogP contribution in [0, 0.1) is 11.8 Å². The Hall–Kier alpha value is -4.73. The number of carbonyl (C=O) groups is 3. The number of rotatable bonds is 7. The van der Waals surface area contributed by atoms with Crippen molar-refractivity contribution >= 4 is 23.3 Å². The number of amides is 1. The summed E-state index contributed by atoms with van der Waals surface area (Å²) in [6.45, 7) is 0. The molecule has 7 nitrogen and oxygen atoms in total. The van der Waals surface area contributed by atoms with E-state index in [4.69, 9.17) is 4.42 Å². The van der Waals surface area contributed by atoms with Crippen LogP contribution in [-0.2, 0) is 11.0 Å². The van der Waals surface area contributed by atoms with Crippen molar-refractivity contribution < 1.29 is 37.1 Å². The first-order valence-corrected chi connectivity index (χ1v) is 12.5. The maximum absolute atomic E-state index is 13.6. The van der Waals surface area contributed by atoms with E-state index in [1.165, 1.54) is 12.1 Å². The molecule has 0 spiro atoms. The average molecular weight is 549 g/mol. The molecule has 1 fully saturated rings. The van der Waals surface area contributed by atoms with Crippen LogP contribution in [0.1, 0.15) is 45.9 Å². The number of nitrogens with one attached hydrogen (secondary N) is 1. The molecule has 2 unspecified atom stereocenters. The largest absolute Gasteiger partial charge is 0.481 e. The molecule has 0 aliphatic heterocycles. The first kappa shape index (κ1) is 26.9. The monoisotopic (exact) mass is 548 g/mol. The number of carboxylic acids is 1.